The summed E-state index contributed by atoms with van der Waals surface area (Å²) in [5.74, 6) is 0.287. The van der Waals surface area contributed by atoms with Crippen molar-refractivity contribution in [3.8, 4) is 5.75 Å². The van der Waals surface area contributed by atoms with Gasteiger partial charge in [0.2, 0.25) is 5.91 Å². The molecule has 1 aliphatic heterocycles. The van der Waals surface area contributed by atoms with Crippen LogP contribution in [-0.4, -0.2) is 42.7 Å². The van der Waals surface area contributed by atoms with Crippen molar-refractivity contribution in [3.05, 3.63) is 60.2 Å². The van der Waals surface area contributed by atoms with Crippen LogP contribution in [0.4, 0.5) is 10.5 Å². The fourth-order valence-electron chi connectivity index (χ4n) is 3.39. The molecule has 2 amide bonds. The molecule has 0 radical (unpaired) electrons. The number of rotatable bonds is 5. The first kappa shape index (κ1) is 20.7. The van der Waals surface area contributed by atoms with Gasteiger partial charge >= 0.3 is 6.09 Å². The molecule has 1 saturated heterocycles. The van der Waals surface area contributed by atoms with Gasteiger partial charge in [-0.15, -0.1) is 0 Å². The standard InChI is InChI=1S/C23H28N2O4/c1-23(2,3)29-22(27)25-14-17(15-25)20(16-10-12-19(28-4)13-11-16)21(26)24-18-8-6-5-7-9-18/h5-13,17,20H,14-15H2,1-4H3,(H,24,26)/t20-/m1/s1. The van der Waals surface area contributed by atoms with Crippen molar-refractivity contribution in [1.29, 1.82) is 0 Å². The number of nitrogens with zero attached hydrogens (tertiary/aromatic N) is 1. The number of ether oxygens (including phenoxy) is 2. The van der Waals surface area contributed by atoms with Gasteiger partial charge in [-0.05, 0) is 50.6 Å². The smallest absolute Gasteiger partial charge is 0.410 e. The second-order valence-corrected chi connectivity index (χ2v) is 8.25. The van der Waals surface area contributed by atoms with Crippen molar-refractivity contribution in [1.82, 2.24) is 4.90 Å². The van der Waals surface area contributed by atoms with Gasteiger partial charge in [0, 0.05) is 24.7 Å². The molecule has 29 heavy (non-hydrogen) atoms. The number of anilines is 1. The number of nitrogens with one attached hydrogen (secondary N) is 1. The average molecular weight is 396 g/mol. The molecular formula is C23H28N2O4. The number of hydrogen-bond acceptors (Lipinski definition) is 4. The molecule has 154 valence electrons. The van der Waals surface area contributed by atoms with Crippen LogP contribution in [0.25, 0.3) is 0 Å². The Morgan fingerprint density at radius 1 is 1.03 bits per heavy atom. The Hall–Kier alpha value is -3.02. The maximum atomic E-state index is 13.1. The predicted molar refractivity (Wildman–Crippen MR) is 112 cm³/mol. The predicted octanol–water partition coefficient (Wildman–Crippen LogP) is 4.28. The minimum absolute atomic E-state index is 0.0135. The van der Waals surface area contributed by atoms with Crippen molar-refractivity contribution >= 4 is 17.7 Å². The van der Waals surface area contributed by atoms with Gasteiger partial charge in [0.25, 0.3) is 0 Å². The average Bonchev–Trinajstić information content (AvgIpc) is 2.63. The Labute approximate surface area is 171 Å². The second-order valence-electron chi connectivity index (χ2n) is 8.25. The van der Waals surface area contributed by atoms with Crippen molar-refractivity contribution in [2.45, 2.75) is 32.3 Å². The number of likely N-dealkylation sites (tertiary alicyclic amines) is 1. The van der Waals surface area contributed by atoms with Crippen molar-refractivity contribution in [2.24, 2.45) is 5.92 Å². The Morgan fingerprint density at radius 2 is 1.66 bits per heavy atom. The van der Waals surface area contributed by atoms with Gasteiger partial charge in [-0.2, -0.15) is 0 Å². The SMILES string of the molecule is COc1ccc([C@@H](C(=O)Nc2ccccc2)C2CN(C(=O)OC(C)(C)C)C2)cc1. The normalized spacial score (nSPS) is 15.2. The summed E-state index contributed by atoms with van der Waals surface area (Å²) in [6, 6.07) is 16.9. The van der Waals surface area contributed by atoms with Crippen molar-refractivity contribution < 1.29 is 19.1 Å². The highest BCUT2D eigenvalue weighted by atomic mass is 16.6. The summed E-state index contributed by atoms with van der Waals surface area (Å²) in [7, 11) is 1.61. The molecule has 2 aromatic rings. The zero-order valence-electron chi connectivity index (χ0n) is 17.3. The molecule has 6 heteroatoms. The van der Waals surface area contributed by atoms with E-state index in [0.29, 0.717) is 13.1 Å². The van der Waals surface area contributed by atoms with Crippen LogP contribution in [0.1, 0.15) is 32.3 Å². The van der Waals surface area contributed by atoms with Gasteiger partial charge in [0.1, 0.15) is 11.4 Å². The molecule has 0 unspecified atom stereocenters. The van der Waals surface area contributed by atoms with Crippen LogP contribution < -0.4 is 10.1 Å². The topological polar surface area (TPSA) is 67.9 Å². The summed E-state index contributed by atoms with van der Waals surface area (Å²) in [6.07, 6.45) is -0.342. The van der Waals surface area contributed by atoms with Gasteiger partial charge in [-0.25, -0.2) is 4.79 Å². The highest BCUT2D eigenvalue weighted by Gasteiger charge is 2.41. The van der Waals surface area contributed by atoms with E-state index in [0.717, 1.165) is 17.0 Å². The lowest BCUT2D eigenvalue weighted by molar-refractivity contribution is -0.120. The van der Waals surface area contributed by atoms with Crippen LogP contribution in [0, 0.1) is 5.92 Å². The summed E-state index contributed by atoms with van der Waals surface area (Å²) in [6.45, 7) is 6.49. The molecule has 3 rings (SSSR count). The summed E-state index contributed by atoms with van der Waals surface area (Å²) >= 11 is 0. The lowest BCUT2D eigenvalue weighted by atomic mass is 9.80. The van der Waals surface area contributed by atoms with E-state index in [1.807, 2.05) is 75.4 Å². The maximum Gasteiger partial charge on any atom is 0.410 e. The summed E-state index contributed by atoms with van der Waals surface area (Å²) in [5, 5.41) is 3.00. The van der Waals surface area contributed by atoms with E-state index in [9.17, 15) is 9.59 Å². The molecule has 1 N–H and O–H groups in total. The number of para-hydroxylation sites is 1. The molecule has 1 heterocycles. The molecule has 1 atom stereocenters. The molecule has 6 nitrogen and oxygen atoms in total. The summed E-state index contributed by atoms with van der Waals surface area (Å²) < 4.78 is 10.7. The number of amides is 2. The van der Waals surface area contributed by atoms with E-state index in [2.05, 4.69) is 5.32 Å². The summed E-state index contributed by atoms with van der Waals surface area (Å²) in [4.78, 5) is 27.0. The molecule has 0 saturated carbocycles. The van der Waals surface area contributed by atoms with Crippen LogP contribution in [0.15, 0.2) is 54.6 Å². The summed E-state index contributed by atoms with van der Waals surface area (Å²) in [5.41, 5.74) is 1.11. The molecular weight excluding hydrogens is 368 g/mol. The Balaban J connectivity index is 1.75. The molecule has 0 aliphatic carbocycles. The first-order valence-electron chi connectivity index (χ1n) is 9.74. The maximum absolute atomic E-state index is 13.1. The molecule has 1 aliphatic rings. The van der Waals surface area contributed by atoms with E-state index in [-0.39, 0.29) is 23.8 Å². The van der Waals surface area contributed by atoms with Crippen molar-refractivity contribution in [2.75, 3.05) is 25.5 Å². The Morgan fingerprint density at radius 3 is 2.21 bits per heavy atom. The lowest BCUT2D eigenvalue weighted by Gasteiger charge is -2.43. The number of benzene rings is 2. The van der Waals surface area contributed by atoms with E-state index >= 15 is 0 Å². The van der Waals surface area contributed by atoms with Gasteiger partial charge in [0.15, 0.2) is 0 Å². The number of carbonyl (C=O) groups excluding carboxylic acids is 2. The van der Waals surface area contributed by atoms with Gasteiger partial charge in [-0.1, -0.05) is 30.3 Å². The Bertz CT molecular complexity index is 837. The van der Waals surface area contributed by atoms with Crippen LogP contribution in [0.2, 0.25) is 0 Å². The largest absolute Gasteiger partial charge is 0.497 e. The van der Waals surface area contributed by atoms with Crippen LogP contribution >= 0.6 is 0 Å². The van der Waals surface area contributed by atoms with Crippen molar-refractivity contribution in [3.63, 3.8) is 0 Å². The van der Waals surface area contributed by atoms with Gasteiger partial charge in [-0.3, -0.25) is 4.79 Å². The van der Waals surface area contributed by atoms with Gasteiger partial charge in [0.05, 0.1) is 13.0 Å². The molecule has 0 spiro atoms. The zero-order chi connectivity index (χ0) is 21.0. The van der Waals surface area contributed by atoms with Gasteiger partial charge < -0.3 is 19.7 Å². The van der Waals surface area contributed by atoms with E-state index in [4.69, 9.17) is 9.47 Å². The molecule has 1 fully saturated rings. The number of carbonyl (C=O) groups is 2. The van der Waals surface area contributed by atoms with E-state index in [1.165, 1.54) is 0 Å². The van der Waals surface area contributed by atoms with Crippen LogP contribution in [0.3, 0.4) is 0 Å². The number of hydrogen-bond donors (Lipinski definition) is 1. The monoisotopic (exact) mass is 396 g/mol. The number of methoxy groups -OCH3 is 1. The fourth-order valence-corrected chi connectivity index (χ4v) is 3.39. The first-order chi connectivity index (χ1) is 13.8. The lowest BCUT2D eigenvalue weighted by Crippen LogP contribution is -2.55. The van der Waals surface area contributed by atoms with E-state index < -0.39 is 5.60 Å². The third-order valence-corrected chi connectivity index (χ3v) is 4.83. The Kier molecular flexibility index (Phi) is 6.11. The molecule has 0 bridgehead atoms. The molecule has 0 aromatic heterocycles. The third kappa shape index (κ3) is 5.28. The second kappa shape index (κ2) is 8.55. The van der Waals surface area contributed by atoms with E-state index in [1.54, 1.807) is 12.0 Å². The highest BCUT2D eigenvalue weighted by molar-refractivity contribution is 5.96. The molecule has 2 aromatic carbocycles. The fraction of sp³-hybridized carbons (Fsp3) is 0.391. The quantitative estimate of drug-likeness (QED) is 0.819. The van der Waals surface area contributed by atoms with Crippen LogP contribution in [-0.2, 0) is 9.53 Å². The first-order valence-corrected chi connectivity index (χ1v) is 9.74. The highest BCUT2D eigenvalue weighted by Crippen LogP contribution is 2.34. The van der Waals surface area contributed by atoms with Crippen LogP contribution in [0.5, 0.6) is 5.75 Å². The third-order valence-electron chi connectivity index (χ3n) is 4.83. The minimum Gasteiger partial charge on any atom is -0.497 e. The zero-order valence-corrected chi connectivity index (χ0v) is 17.3. The minimum atomic E-state index is -0.539.